The van der Waals surface area contributed by atoms with Gasteiger partial charge in [0.2, 0.25) is 15.7 Å². The first kappa shape index (κ1) is 15.9. The number of sulfonamides is 1. The molecule has 1 heterocycles. The molecule has 1 N–H and O–H groups in total. The van der Waals surface area contributed by atoms with Crippen LogP contribution in [-0.4, -0.2) is 44.7 Å². The first-order valence-electron chi connectivity index (χ1n) is 6.40. The Morgan fingerprint density at radius 3 is 2.32 bits per heavy atom. The van der Waals surface area contributed by atoms with Crippen LogP contribution in [0.5, 0.6) is 0 Å². The van der Waals surface area contributed by atoms with Crippen LogP contribution in [-0.2, 0) is 14.8 Å². The Morgan fingerprint density at radius 2 is 1.77 bits per heavy atom. The molecule has 0 unspecified atom stereocenters. The first-order chi connectivity index (χ1) is 10.6. The maximum absolute atomic E-state index is 12.4. The lowest BCUT2D eigenvalue weighted by Gasteiger charge is -2.26. The molecule has 0 aromatic heterocycles. The van der Waals surface area contributed by atoms with E-state index in [2.05, 4.69) is 10.5 Å². The number of rotatable bonds is 4. The van der Waals surface area contributed by atoms with Gasteiger partial charge in [0.1, 0.15) is 12.1 Å². The summed E-state index contributed by atoms with van der Waals surface area (Å²) >= 11 is 0. The SMILES string of the molecule is N#CC(C#N)=NNc1ccc(S(=O)(=O)N2CCOCC2)cc1. The van der Waals surface area contributed by atoms with Gasteiger partial charge in [-0.2, -0.15) is 19.9 Å². The van der Waals surface area contributed by atoms with Crippen LogP contribution in [0.4, 0.5) is 5.69 Å². The number of hydrogen-bond donors (Lipinski definition) is 1. The average Bonchev–Trinajstić information content (AvgIpc) is 2.57. The van der Waals surface area contributed by atoms with Gasteiger partial charge in [0.05, 0.1) is 23.8 Å². The number of ether oxygens (including phenoxy) is 1. The summed E-state index contributed by atoms with van der Waals surface area (Å²) in [5.74, 6) is 0. The van der Waals surface area contributed by atoms with Gasteiger partial charge in [-0.15, -0.1) is 0 Å². The highest BCUT2D eigenvalue weighted by Crippen LogP contribution is 2.19. The van der Waals surface area contributed by atoms with E-state index < -0.39 is 10.0 Å². The number of nitrogens with zero attached hydrogens (tertiary/aromatic N) is 4. The van der Waals surface area contributed by atoms with E-state index in [4.69, 9.17) is 15.3 Å². The van der Waals surface area contributed by atoms with Crippen molar-refractivity contribution in [2.24, 2.45) is 5.10 Å². The van der Waals surface area contributed by atoms with E-state index in [0.29, 0.717) is 32.0 Å². The Hall–Kier alpha value is -2.46. The van der Waals surface area contributed by atoms with Gasteiger partial charge in [0.25, 0.3) is 0 Å². The summed E-state index contributed by atoms with van der Waals surface area (Å²) in [6.07, 6.45) is 0. The Kier molecular flexibility index (Phi) is 5.07. The highest BCUT2D eigenvalue weighted by molar-refractivity contribution is 7.89. The van der Waals surface area contributed by atoms with Gasteiger partial charge in [-0.1, -0.05) is 0 Å². The van der Waals surface area contributed by atoms with E-state index >= 15 is 0 Å². The van der Waals surface area contributed by atoms with Crippen molar-refractivity contribution in [1.82, 2.24) is 4.31 Å². The van der Waals surface area contributed by atoms with Gasteiger partial charge in [-0.25, -0.2) is 8.42 Å². The molecule has 1 aromatic rings. The smallest absolute Gasteiger partial charge is 0.243 e. The fourth-order valence-corrected chi connectivity index (χ4v) is 3.24. The van der Waals surface area contributed by atoms with Crippen molar-refractivity contribution in [3.63, 3.8) is 0 Å². The second-order valence-electron chi connectivity index (χ2n) is 4.34. The van der Waals surface area contributed by atoms with Gasteiger partial charge in [0, 0.05) is 13.1 Å². The van der Waals surface area contributed by atoms with Crippen molar-refractivity contribution >= 4 is 21.4 Å². The summed E-state index contributed by atoms with van der Waals surface area (Å²) in [6.45, 7) is 1.44. The molecule has 1 fully saturated rings. The summed E-state index contributed by atoms with van der Waals surface area (Å²) in [4.78, 5) is 0.171. The minimum absolute atomic E-state index is 0.171. The molecule has 0 atom stereocenters. The zero-order valence-electron chi connectivity index (χ0n) is 11.6. The van der Waals surface area contributed by atoms with Crippen molar-refractivity contribution < 1.29 is 13.2 Å². The lowest BCUT2D eigenvalue weighted by Crippen LogP contribution is -2.40. The second-order valence-corrected chi connectivity index (χ2v) is 6.27. The molecule has 2 rings (SSSR count). The topological polar surface area (TPSA) is 119 Å². The number of hydrogen-bond acceptors (Lipinski definition) is 7. The van der Waals surface area contributed by atoms with Crippen LogP contribution in [0.2, 0.25) is 0 Å². The van der Waals surface area contributed by atoms with E-state index in [0.717, 1.165) is 0 Å². The number of nitrogens with one attached hydrogen (secondary N) is 1. The molecule has 0 amide bonds. The van der Waals surface area contributed by atoms with Crippen molar-refractivity contribution in [2.75, 3.05) is 31.7 Å². The number of anilines is 1. The summed E-state index contributed by atoms with van der Waals surface area (Å²) in [5, 5.41) is 20.7. The molecular formula is C13H13N5O3S. The maximum atomic E-state index is 12.4. The predicted octanol–water partition coefficient (Wildman–Crippen LogP) is 0.523. The van der Waals surface area contributed by atoms with E-state index in [1.807, 2.05) is 0 Å². The predicted molar refractivity (Wildman–Crippen MR) is 78.3 cm³/mol. The van der Waals surface area contributed by atoms with Crippen LogP contribution in [0.1, 0.15) is 0 Å². The zero-order valence-corrected chi connectivity index (χ0v) is 12.4. The molecule has 1 aromatic carbocycles. The van der Waals surface area contributed by atoms with Gasteiger partial charge >= 0.3 is 0 Å². The van der Waals surface area contributed by atoms with Gasteiger partial charge < -0.3 is 4.74 Å². The quantitative estimate of drug-likeness (QED) is 0.638. The molecule has 8 nitrogen and oxygen atoms in total. The summed E-state index contributed by atoms with van der Waals surface area (Å²) in [7, 11) is -3.53. The Labute approximate surface area is 128 Å². The van der Waals surface area contributed by atoms with Gasteiger partial charge in [0.15, 0.2) is 0 Å². The number of benzene rings is 1. The van der Waals surface area contributed by atoms with Crippen molar-refractivity contribution in [2.45, 2.75) is 4.90 Å². The molecule has 114 valence electrons. The minimum atomic E-state index is -3.53. The van der Waals surface area contributed by atoms with Crippen molar-refractivity contribution in [1.29, 1.82) is 10.5 Å². The average molecular weight is 319 g/mol. The third kappa shape index (κ3) is 3.59. The van der Waals surface area contributed by atoms with Crippen LogP contribution in [0.25, 0.3) is 0 Å². The highest BCUT2D eigenvalue weighted by atomic mass is 32.2. The number of morpholine rings is 1. The zero-order chi connectivity index (χ0) is 16.0. The number of nitriles is 2. The molecule has 0 bridgehead atoms. The maximum Gasteiger partial charge on any atom is 0.243 e. The molecule has 1 aliphatic rings. The summed E-state index contributed by atoms with van der Waals surface area (Å²) in [5.41, 5.74) is 2.68. The molecular weight excluding hydrogens is 306 g/mol. The summed E-state index contributed by atoms with van der Waals surface area (Å²) < 4.78 is 31.3. The lowest BCUT2D eigenvalue weighted by molar-refractivity contribution is 0.0730. The fraction of sp³-hybridized carbons (Fsp3) is 0.308. The molecule has 22 heavy (non-hydrogen) atoms. The van der Waals surface area contributed by atoms with E-state index in [1.54, 1.807) is 12.1 Å². The van der Waals surface area contributed by atoms with Gasteiger partial charge in [-0.05, 0) is 24.3 Å². The standard InChI is InChI=1S/C13H13N5O3S/c14-9-12(10-15)17-16-11-1-3-13(4-2-11)22(19,20)18-5-7-21-8-6-18/h1-4,16H,5-8H2. The molecule has 1 aliphatic heterocycles. The van der Waals surface area contributed by atoms with E-state index in [1.165, 1.54) is 28.6 Å². The third-order valence-electron chi connectivity index (χ3n) is 2.97. The van der Waals surface area contributed by atoms with E-state index in [9.17, 15) is 8.42 Å². The summed E-state index contributed by atoms with van der Waals surface area (Å²) in [6, 6.07) is 9.15. The molecule has 0 spiro atoms. The van der Waals surface area contributed by atoms with Crippen LogP contribution >= 0.6 is 0 Å². The van der Waals surface area contributed by atoms with Crippen LogP contribution in [0, 0.1) is 22.7 Å². The molecule has 0 aliphatic carbocycles. The monoisotopic (exact) mass is 319 g/mol. The first-order valence-corrected chi connectivity index (χ1v) is 7.84. The fourth-order valence-electron chi connectivity index (χ4n) is 1.83. The molecule has 1 saturated heterocycles. The van der Waals surface area contributed by atoms with Crippen LogP contribution in [0.3, 0.4) is 0 Å². The van der Waals surface area contributed by atoms with Crippen LogP contribution < -0.4 is 5.43 Å². The van der Waals surface area contributed by atoms with Crippen molar-refractivity contribution in [3.05, 3.63) is 24.3 Å². The highest BCUT2D eigenvalue weighted by Gasteiger charge is 2.25. The van der Waals surface area contributed by atoms with E-state index in [-0.39, 0.29) is 10.6 Å². The number of hydrazone groups is 1. The van der Waals surface area contributed by atoms with Gasteiger partial charge in [-0.3, -0.25) is 5.43 Å². The normalized spacial score (nSPS) is 15.4. The Bertz CT molecular complexity index is 721. The molecule has 0 saturated carbocycles. The third-order valence-corrected chi connectivity index (χ3v) is 4.88. The van der Waals surface area contributed by atoms with Crippen molar-refractivity contribution in [3.8, 4) is 12.1 Å². The Balaban J connectivity index is 2.13. The second kappa shape index (κ2) is 7.00. The molecule has 0 radical (unpaired) electrons. The minimum Gasteiger partial charge on any atom is -0.379 e. The van der Waals surface area contributed by atoms with Crippen LogP contribution in [0.15, 0.2) is 34.3 Å². The Morgan fingerprint density at radius 1 is 1.18 bits per heavy atom. The largest absolute Gasteiger partial charge is 0.379 e. The molecule has 9 heteroatoms. The lowest BCUT2D eigenvalue weighted by atomic mass is 10.3.